The Hall–Kier alpha value is -2.32. The number of carbonyl (C=O) groups excluding carboxylic acids is 1. The summed E-state index contributed by atoms with van der Waals surface area (Å²) in [4.78, 5) is 16.0. The zero-order chi connectivity index (χ0) is 21.2. The van der Waals surface area contributed by atoms with Gasteiger partial charge in [-0.3, -0.25) is 0 Å². The Labute approximate surface area is 173 Å². The van der Waals surface area contributed by atoms with Crippen LogP contribution in [0.2, 0.25) is 0 Å². The fourth-order valence-electron chi connectivity index (χ4n) is 3.35. The lowest BCUT2D eigenvalue weighted by molar-refractivity contribution is 0.0292. The Bertz CT molecular complexity index is 914. The Morgan fingerprint density at radius 2 is 1.90 bits per heavy atom. The predicted molar refractivity (Wildman–Crippen MR) is 113 cm³/mol. The summed E-state index contributed by atoms with van der Waals surface area (Å²) in [7, 11) is -1.66. The van der Waals surface area contributed by atoms with Gasteiger partial charge in [-0.2, -0.15) is 0 Å². The van der Waals surface area contributed by atoms with Crippen LogP contribution in [0.25, 0.3) is 5.57 Å². The Morgan fingerprint density at radius 1 is 1.21 bits per heavy atom. The lowest BCUT2D eigenvalue weighted by Gasteiger charge is -2.24. The summed E-state index contributed by atoms with van der Waals surface area (Å²) < 4.78 is 33.6. The van der Waals surface area contributed by atoms with Crippen molar-refractivity contribution in [1.82, 2.24) is 14.5 Å². The minimum absolute atomic E-state index is 0.220. The number of hydrogen-bond acceptors (Lipinski definition) is 5. The highest BCUT2D eigenvalue weighted by Gasteiger charge is 2.32. The van der Waals surface area contributed by atoms with E-state index < -0.39 is 21.7 Å². The molecule has 3 rings (SSSR count). The maximum atomic E-state index is 12.8. The van der Waals surface area contributed by atoms with Crippen LogP contribution in [0.3, 0.4) is 0 Å². The molecule has 1 atom stereocenters. The molecule has 0 radical (unpaired) electrons. The molecule has 1 amide bonds. The summed E-state index contributed by atoms with van der Waals surface area (Å²) in [6, 6.07) is 6.57. The van der Waals surface area contributed by atoms with Crippen LogP contribution in [0.4, 0.5) is 4.79 Å². The molecule has 0 aromatic heterocycles. The van der Waals surface area contributed by atoms with Crippen LogP contribution in [0, 0.1) is 0 Å². The summed E-state index contributed by atoms with van der Waals surface area (Å²) in [5.74, 6) is 0. The summed E-state index contributed by atoms with van der Waals surface area (Å²) >= 11 is 0. The van der Waals surface area contributed by atoms with Gasteiger partial charge in [0.2, 0.25) is 10.0 Å². The molecule has 0 saturated carbocycles. The Balaban J connectivity index is 1.62. The molecular formula is C21H29N3O4S. The van der Waals surface area contributed by atoms with E-state index in [2.05, 4.69) is 9.62 Å². The molecule has 1 aromatic rings. The molecule has 1 saturated heterocycles. The number of allylic oxidation sites excluding steroid dienone is 2. The van der Waals surface area contributed by atoms with Crippen molar-refractivity contribution in [2.75, 3.05) is 26.7 Å². The van der Waals surface area contributed by atoms with E-state index in [1.165, 1.54) is 0 Å². The van der Waals surface area contributed by atoms with E-state index in [9.17, 15) is 13.2 Å². The molecular weight excluding hydrogens is 390 g/mol. The van der Waals surface area contributed by atoms with E-state index in [0.29, 0.717) is 19.5 Å². The number of carbonyl (C=O) groups is 1. The minimum atomic E-state index is -3.66. The van der Waals surface area contributed by atoms with Crippen LogP contribution in [0.5, 0.6) is 0 Å². The number of nitrogens with one attached hydrogen (secondary N) is 1. The first-order valence-corrected chi connectivity index (χ1v) is 11.2. The smallest absolute Gasteiger partial charge is 0.410 e. The van der Waals surface area contributed by atoms with Gasteiger partial charge in [-0.1, -0.05) is 18.2 Å². The Kier molecular flexibility index (Phi) is 6.05. The van der Waals surface area contributed by atoms with E-state index in [1.807, 2.05) is 58.3 Å². The third kappa shape index (κ3) is 5.61. The summed E-state index contributed by atoms with van der Waals surface area (Å²) in [6.45, 7) is 6.98. The highest BCUT2D eigenvalue weighted by molar-refractivity contribution is 7.89. The number of sulfonamides is 1. The minimum Gasteiger partial charge on any atom is -0.444 e. The van der Waals surface area contributed by atoms with E-state index in [-0.39, 0.29) is 10.9 Å². The van der Waals surface area contributed by atoms with Gasteiger partial charge in [-0.05, 0) is 62.7 Å². The Morgan fingerprint density at radius 3 is 2.52 bits per heavy atom. The normalized spacial score (nSPS) is 20.0. The van der Waals surface area contributed by atoms with Crippen molar-refractivity contribution in [3.05, 3.63) is 48.2 Å². The van der Waals surface area contributed by atoms with E-state index in [0.717, 1.165) is 17.7 Å². The van der Waals surface area contributed by atoms with Crippen molar-refractivity contribution in [3.8, 4) is 0 Å². The van der Waals surface area contributed by atoms with Gasteiger partial charge in [0.15, 0.2) is 0 Å². The third-order valence-corrected chi connectivity index (χ3v) is 6.29. The number of ether oxygens (including phenoxy) is 1. The van der Waals surface area contributed by atoms with Crippen molar-refractivity contribution in [2.24, 2.45) is 0 Å². The number of likely N-dealkylation sites (tertiary alicyclic amines) is 1. The predicted octanol–water partition coefficient (Wildman–Crippen LogP) is 2.82. The van der Waals surface area contributed by atoms with Crippen molar-refractivity contribution in [1.29, 1.82) is 0 Å². The number of rotatable bonds is 4. The number of nitrogens with zero attached hydrogens (tertiary/aromatic N) is 2. The van der Waals surface area contributed by atoms with Crippen LogP contribution in [-0.4, -0.2) is 62.6 Å². The standard InChI is InChI=1S/C21H29N3O4S/c1-21(2,3)28-20(25)24-13-11-18(15-24)22-29(26,27)19-9-7-16(8-10-19)17-6-5-12-23(4)14-17/h5-10,12,18,22H,11,13-15H2,1-4H3/t18-/m1/s1. The van der Waals surface area contributed by atoms with Gasteiger partial charge in [-0.15, -0.1) is 0 Å². The largest absolute Gasteiger partial charge is 0.444 e. The lowest BCUT2D eigenvalue weighted by Crippen LogP contribution is -2.40. The van der Waals surface area contributed by atoms with Crippen molar-refractivity contribution >= 4 is 21.7 Å². The van der Waals surface area contributed by atoms with Gasteiger partial charge >= 0.3 is 6.09 Å². The second-order valence-corrected chi connectivity index (χ2v) is 10.2. The summed E-state index contributed by atoms with van der Waals surface area (Å²) in [5, 5.41) is 0. The molecule has 0 spiro atoms. The number of amides is 1. The molecule has 0 unspecified atom stereocenters. The lowest BCUT2D eigenvalue weighted by atomic mass is 10.0. The van der Waals surface area contributed by atoms with Gasteiger partial charge in [-0.25, -0.2) is 17.9 Å². The first-order chi connectivity index (χ1) is 13.5. The molecule has 1 N–H and O–H groups in total. The molecule has 1 fully saturated rings. The van der Waals surface area contributed by atoms with Gasteiger partial charge in [0, 0.05) is 32.7 Å². The summed E-state index contributed by atoms with van der Waals surface area (Å²) in [6.07, 6.45) is 6.15. The van der Waals surface area contributed by atoms with Crippen LogP contribution in [-0.2, 0) is 14.8 Å². The molecule has 1 aromatic carbocycles. The maximum absolute atomic E-state index is 12.8. The van der Waals surface area contributed by atoms with Gasteiger partial charge in [0.05, 0.1) is 4.90 Å². The third-order valence-electron chi connectivity index (χ3n) is 4.75. The number of benzene rings is 1. The topological polar surface area (TPSA) is 79.0 Å². The first kappa shape index (κ1) is 21.4. The van der Waals surface area contributed by atoms with E-state index in [1.54, 1.807) is 17.0 Å². The van der Waals surface area contributed by atoms with E-state index >= 15 is 0 Å². The molecule has 2 aliphatic rings. The molecule has 0 bridgehead atoms. The van der Waals surface area contributed by atoms with Crippen LogP contribution in [0.15, 0.2) is 47.5 Å². The molecule has 8 heteroatoms. The zero-order valence-corrected chi connectivity index (χ0v) is 18.2. The first-order valence-electron chi connectivity index (χ1n) is 9.72. The average molecular weight is 420 g/mol. The van der Waals surface area contributed by atoms with Crippen LogP contribution in [0.1, 0.15) is 32.8 Å². The SMILES string of the molecule is CN1C=CC=C(c2ccc(S(=O)(=O)N[C@@H]3CCN(C(=O)OC(C)(C)C)C3)cc2)C1. The van der Waals surface area contributed by atoms with Gasteiger partial charge < -0.3 is 14.5 Å². The zero-order valence-electron chi connectivity index (χ0n) is 17.4. The highest BCUT2D eigenvalue weighted by atomic mass is 32.2. The van der Waals surface area contributed by atoms with Gasteiger partial charge in [0.1, 0.15) is 5.60 Å². The second kappa shape index (κ2) is 8.20. The van der Waals surface area contributed by atoms with Crippen LogP contribution >= 0.6 is 0 Å². The van der Waals surface area contributed by atoms with Crippen molar-refractivity contribution in [3.63, 3.8) is 0 Å². The van der Waals surface area contributed by atoms with E-state index in [4.69, 9.17) is 4.74 Å². The molecule has 2 aliphatic heterocycles. The van der Waals surface area contributed by atoms with Crippen molar-refractivity contribution < 1.29 is 17.9 Å². The van der Waals surface area contributed by atoms with Crippen LogP contribution < -0.4 is 4.72 Å². The fraction of sp³-hybridized carbons (Fsp3) is 0.476. The number of hydrogen-bond donors (Lipinski definition) is 1. The average Bonchev–Trinajstić information content (AvgIpc) is 3.08. The maximum Gasteiger partial charge on any atom is 0.410 e. The monoisotopic (exact) mass is 419 g/mol. The molecule has 0 aliphatic carbocycles. The van der Waals surface area contributed by atoms with Gasteiger partial charge in [0.25, 0.3) is 0 Å². The molecule has 7 nitrogen and oxygen atoms in total. The second-order valence-electron chi connectivity index (χ2n) is 8.51. The molecule has 29 heavy (non-hydrogen) atoms. The highest BCUT2D eigenvalue weighted by Crippen LogP contribution is 2.22. The molecule has 158 valence electrons. The number of likely N-dealkylation sites (N-methyl/N-ethyl adjacent to an activating group) is 1. The van der Waals surface area contributed by atoms with Crippen molar-refractivity contribution in [2.45, 2.75) is 43.7 Å². The summed E-state index contributed by atoms with van der Waals surface area (Å²) in [5.41, 5.74) is 1.56. The fourth-order valence-corrected chi connectivity index (χ4v) is 4.61. The molecule has 2 heterocycles. The quantitative estimate of drug-likeness (QED) is 0.812.